The van der Waals surface area contributed by atoms with Crippen molar-refractivity contribution in [1.82, 2.24) is 10.3 Å². The van der Waals surface area contributed by atoms with E-state index < -0.39 is 0 Å². The molecule has 1 heterocycles. The van der Waals surface area contributed by atoms with Gasteiger partial charge in [0.25, 0.3) is 0 Å². The highest BCUT2D eigenvalue weighted by Gasteiger charge is 1.93. The summed E-state index contributed by atoms with van der Waals surface area (Å²) in [6.07, 6.45) is 1.94. The van der Waals surface area contributed by atoms with Crippen LogP contribution in [0.1, 0.15) is 12.6 Å². The maximum absolute atomic E-state index is 3.37. The van der Waals surface area contributed by atoms with Crippen LogP contribution in [-0.4, -0.2) is 11.5 Å². The second-order valence-corrected chi connectivity index (χ2v) is 3.04. The van der Waals surface area contributed by atoms with Gasteiger partial charge in [0.05, 0.1) is 0 Å². The summed E-state index contributed by atoms with van der Waals surface area (Å²) in [5.41, 5.74) is 1.22. The Bertz CT molecular complexity index is 195. The van der Waals surface area contributed by atoms with Crippen molar-refractivity contribution in [2.75, 3.05) is 6.54 Å². The Morgan fingerprint density at radius 1 is 1.70 bits per heavy atom. The van der Waals surface area contributed by atoms with Crippen molar-refractivity contribution < 1.29 is 0 Å². The van der Waals surface area contributed by atoms with E-state index in [2.05, 4.69) is 39.2 Å². The van der Waals surface area contributed by atoms with Gasteiger partial charge in [-0.1, -0.05) is 6.92 Å². The lowest BCUT2D eigenvalue weighted by Gasteiger charge is -1.95. The summed E-state index contributed by atoms with van der Waals surface area (Å²) in [5, 5.41) is 3.23. The van der Waals surface area contributed by atoms with E-state index in [1.165, 1.54) is 5.69 Å². The summed E-state index contributed by atoms with van der Waals surface area (Å²) < 4.78 is 1.11. The Kier molecular flexibility index (Phi) is 2.96. The molecule has 1 aromatic heterocycles. The lowest BCUT2D eigenvalue weighted by atomic mass is 10.4. The topological polar surface area (TPSA) is 27.8 Å². The lowest BCUT2D eigenvalue weighted by Crippen LogP contribution is -2.11. The van der Waals surface area contributed by atoms with Gasteiger partial charge in [-0.05, 0) is 28.5 Å². The fourth-order valence-corrected chi connectivity index (χ4v) is 1.16. The van der Waals surface area contributed by atoms with Crippen molar-refractivity contribution in [3.05, 3.63) is 22.4 Å². The molecule has 0 unspecified atom stereocenters. The number of aromatic nitrogens is 1. The first-order chi connectivity index (χ1) is 4.83. The summed E-state index contributed by atoms with van der Waals surface area (Å²) in [5.74, 6) is 0. The maximum Gasteiger partial charge on any atom is 0.0357 e. The number of aromatic amines is 1. The van der Waals surface area contributed by atoms with Gasteiger partial charge < -0.3 is 10.3 Å². The van der Waals surface area contributed by atoms with E-state index in [4.69, 9.17) is 0 Å². The summed E-state index contributed by atoms with van der Waals surface area (Å²) in [7, 11) is 0. The first kappa shape index (κ1) is 7.82. The smallest absolute Gasteiger partial charge is 0.0357 e. The minimum absolute atomic E-state index is 0.919. The highest BCUT2D eigenvalue weighted by molar-refractivity contribution is 9.10. The fraction of sp³-hybridized carbons (Fsp3) is 0.429. The van der Waals surface area contributed by atoms with Gasteiger partial charge in [-0.2, -0.15) is 0 Å². The quantitative estimate of drug-likeness (QED) is 0.771. The number of H-pyrrole nitrogens is 1. The van der Waals surface area contributed by atoms with Crippen LogP contribution < -0.4 is 5.32 Å². The van der Waals surface area contributed by atoms with Crippen LogP contribution in [0.25, 0.3) is 0 Å². The van der Waals surface area contributed by atoms with E-state index in [1.807, 2.05) is 6.20 Å². The van der Waals surface area contributed by atoms with Gasteiger partial charge in [0.2, 0.25) is 0 Å². The molecule has 3 heteroatoms. The van der Waals surface area contributed by atoms with Gasteiger partial charge in [0.15, 0.2) is 0 Å². The Balaban J connectivity index is 2.42. The molecule has 10 heavy (non-hydrogen) atoms. The summed E-state index contributed by atoms with van der Waals surface area (Å²) >= 11 is 3.37. The molecule has 0 amide bonds. The van der Waals surface area contributed by atoms with E-state index in [0.29, 0.717) is 0 Å². The van der Waals surface area contributed by atoms with Crippen molar-refractivity contribution in [2.24, 2.45) is 0 Å². The zero-order chi connectivity index (χ0) is 7.40. The monoisotopic (exact) mass is 202 g/mol. The molecule has 2 N–H and O–H groups in total. The molecular weight excluding hydrogens is 192 g/mol. The van der Waals surface area contributed by atoms with Gasteiger partial charge in [-0.3, -0.25) is 0 Å². The molecule has 0 fully saturated rings. The van der Waals surface area contributed by atoms with E-state index in [1.54, 1.807) is 0 Å². The summed E-state index contributed by atoms with van der Waals surface area (Å²) in [6, 6.07) is 2.07. The third-order valence-electron chi connectivity index (χ3n) is 1.27. The van der Waals surface area contributed by atoms with Crippen LogP contribution in [0, 0.1) is 0 Å². The number of rotatable bonds is 3. The zero-order valence-corrected chi connectivity index (χ0v) is 7.53. The van der Waals surface area contributed by atoms with Gasteiger partial charge in [0, 0.05) is 22.9 Å². The van der Waals surface area contributed by atoms with Crippen LogP contribution >= 0.6 is 15.9 Å². The average molecular weight is 203 g/mol. The fourth-order valence-electron chi connectivity index (χ4n) is 0.773. The molecule has 1 aromatic rings. The van der Waals surface area contributed by atoms with Crippen LogP contribution in [0.5, 0.6) is 0 Å². The number of nitrogens with one attached hydrogen (secondary N) is 2. The molecule has 0 saturated heterocycles. The molecule has 0 saturated carbocycles. The van der Waals surface area contributed by atoms with E-state index >= 15 is 0 Å². The molecule has 0 bridgehead atoms. The van der Waals surface area contributed by atoms with E-state index in [9.17, 15) is 0 Å². The maximum atomic E-state index is 3.37. The van der Waals surface area contributed by atoms with Crippen molar-refractivity contribution in [1.29, 1.82) is 0 Å². The first-order valence-corrected chi connectivity index (χ1v) is 4.15. The number of hydrogen-bond acceptors (Lipinski definition) is 1. The Morgan fingerprint density at radius 2 is 2.50 bits per heavy atom. The minimum Gasteiger partial charge on any atom is -0.363 e. The van der Waals surface area contributed by atoms with Crippen molar-refractivity contribution in [3.8, 4) is 0 Å². The Labute approximate surface area is 69.2 Å². The Hall–Kier alpha value is -0.280. The summed E-state index contributed by atoms with van der Waals surface area (Å²) in [4.78, 5) is 3.13. The lowest BCUT2D eigenvalue weighted by molar-refractivity contribution is 0.714. The van der Waals surface area contributed by atoms with Crippen LogP contribution in [0.4, 0.5) is 0 Å². The largest absolute Gasteiger partial charge is 0.363 e. The van der Waals surface area contributed by atoms with E-state index in [-0.39, 0.29) is 0 Å². The SMILES string of the molecule is CCNCc1cc(Br)c[nH]1. The second kappa shape index (κ2) is 3.78. The van der Waals surface area contributed by atoms with Crippen LogP contribution in [0.2, 0.25) is 0 Å². The average Bonchev–Trinajstić information content (AvgIpc) is 2.31. The molecule has 0 aliphatic heterocycles. The second-order valence-electron chi connectivity index (χ2n) is 2.12. The molecule has 0 spiro atoms. The van der Waals surface area contributed by atoms with Crippen LogP contribution in [0.3, 0.4) is 0 Å². The van der Waals surface area contributed by atoms with Gasteiger partial charge in [0.1, 0.15) is 0 Å². The van der Waals surface area contributed by atoms with Crippen LogP contribution in [0.15, 0.2) is 16.7 Å². The molecule has 0 aliphatic carbocycles. The third kappa shape index (κ3) is 2.15. The standard InChI is InChI=1S/C7H11BrN2/c1-2-9-5-7-3-6(8)4-10-7/h3-4,9-10H,2,5H2,1H3. The van der Waals surface area contributed by atoms with Gasteiger partial charge in [-0.25, -0.2) is 0 Å². The number of hydrogen-bond donors (Lipinski definition) is 2. The molecule has 2 nitrogen and oxygen atoms in total. The molecule has 0 atom stereocenters. The van der Waals surface area contributed by atoms with Crippen LogP contribution in [-0.2, 0) is 6.54 Å². The molecule has 1 rings (SSSR count). The first-order valence-electron chi connectivity index (χ1n) is 3.36. The molecule has 56 valence electrons. The summed E-state index contributed by atoms with van der Waals surface area (Å²) in [6.45, 7) is 4.02. The van der Waals surface area contributed by atoms with Crippen molar-refractivity contribution in [3.63, 3.8) is 0 Å². The third-order valence-corrected chi connectivity index (χ3v) is 1.73. The highest BCUT2D eigenvalue weighted by atomic mass is 79.9. The normalized spacial score (nSPS) is 10.2. The minimum atomic E-state index is 0.919. The zero-order valence-electron chi connectivity index (χ0n) is 5.95. The number of halogens is 1. The highest BCUT2D eigenvalue weighted by Crippen LogP contribution is 2.09. The molecule has 0 aromatic carbocycles. The van der Waals surface area contributed by atoms with E-state index in [0.717, 1.165) is 17.6 Å². The van der Waals surface area contributed by atoms with Gasteiger partial charge >= 0.3 is 0 Å². The molecular formula is C7H11BrN2. The van der Waals surface area contributed by atoms with Crippen molar-refractivity contribution in [2.45, 2.75) is 13.5 Å². The van der Waals surface area contributed by atoms with Gasteiger partial charge in [-0.15, -0.1) is 0 Å². The predicted octanol–water partition coefficient (Wildman–Crippen LogP) is 1.89. The molecule has 0 radical (unpaired) electrons. The molecule has 0 aliphatic rings. The predicted molar refractivity (Wildman–Crippen MR) is 45.9 cm³/mol. The van der Waals surface area contributed by atoms with Crippen molar-refractivity contribution >= 4 is 15.9 Å². The Morgan fingerprint density at radius 3 is 3.00 bits per heavy atom.